The van der Waals surface area contributed by atoms with Gasteiger partial charge in [0, 0.05) is 18.5 Å². The Morgan fingerprint density at radius 2 is 2.17 bits per heavy atom. The van der Waals surface area contributed by atoms with Gasteiger partial charge >= 0.3 is 5.97 Å². The Balaban J connectivity index is 2.45. The Morgan fingerprint density at radius 3 is 2.67 bits per heavy atom. The molecule has 0 bridgehead atoms. The summed E-state index contributed by atoms with van der Waals surface area (Å²) in [6.07, 6.45) is -1.62. The molecule has 1 aromatic heterocycles. The Kier molecular flexibility index (Phi) is 5.89. The lowest BCUT2D eigenvalue weighted by Gasteiger charge is -2.39. The van der Waals surface area contributed by atoms with E-state index in [2.05, 4.69) is 10.3 Å². The number of aliphatic hydroxyl groups is 3. The first-order valence-electron chi connectivity index (χ1n) is 7.10. The van der Waals surface area contributed by atoms with E-state index in [-0.39, 0.29) is 0 Å². The molecule has 1 aliphatic rings. The van der Waals surface area contributed by atoms with Crippen molar-refractivity contribution in [1.29, 1.82) is 0 Å². The van der Waals surface area contributed by atoms with Crippen LogP contribution in [0.3, 0.4) is 0 Å². The number of rotatable bonds is 6. The Morgan fingerprint density at radius 1 is 1.46 bits per heavy atom. The van der Waals surface area contributed by atoms with Crippen molar-refractivity contribution in [2.45, 2.75) is 37.2 Å². The molecule has 1 amide bonds. The molecule has 0 aliphatic carbocycles. The second-order valence-electron chi connectivity index (χ2n) is 5.28. The molecule has 0 fully saturated rings. The summed E-state index contributed by atoms with van der Waals surface area (Å²) in [5.74, 6) is -2.87. The Hall–Kier alpha value is -2.01. The third-order valence-corrected chi connectivity index (χ3v) is 4.45. The number of ether oxygens (including phenoxy) is 1. The summed E-state index contributed by atoms with van der Waals surface area (Å²) in [6.45, 7) is 0.517. The number of aliphatic carboxylic acids is 1. The average Bonchev–Trinajstić information content (AvgIpc) is 3.07. The molecule has 0 saturated heterocycles. The summed E-state index contributed by atoms with van der Waals surface area (Å²) in [5.41, 5.74) is 0. The highest BCUT2D eigenvalue weighted by atomic mass is 32.1. The highest BCUT2D eigenvalue weighted by Gasteiger charge is 2.44. The van der Waals surface area contributed by atoms with E-state index in [0.717, 1.165) is 0 Å². The molecule has 2 heterocycles. The number of aliphatic hydroxyl groups excluding tert-OH is 3. The normalized spacial score (nSPS) is 26.0. The number of carbonyl (C=O) groups is 2. The summed E-state index contributed by atoms with van der Waals surface area (Å²) < 4.78 is 5.28. The maximum absolute atomic E-state index is 11.5. The van der Waals surface area contributed by atoms with Crippen LogP contribution in [0.5, 0.6) is 0 Å². The van der Waals surface area contributed by atoms with Crippen molar-refractivity contribution in [3.05, 3.63) is 28.4 Å². The van der Waals surface area contributed by atoms with Crippen molar-refractivity contribution in [2.75, 3.05) is 6.61 Å². The van der Waals surface area contributed by atoms with Gasteiger partial charge in [-0.25, -0.2) is 9.78 Å². The molecule has 1 aliphatic heterocycles. The van der Waals surface area contributed by atoms with Gasteiger partial charge in [0.1, 0.15) is 23.3 Å². The van der Waals surface area contributed by atoms with Crippen molar-refractivity contribution >= 4 is 23.2 Å². The van der Waals surface area contributed by atoms with Crippen LogP contribution in [0.2, 0.25) is 0 Å². The molecule has 5 atom stereocenters. The number of nitrogens with one attached hydrogen (secondary N) is 1. The molecular weight excluding hydrogens is 340 g/mol. The van der Waals surface area contributed by atoms with Crippen LogP contribution in [0.15, 0.2) is 23.4 Å². The van der Waals surface area contributed by atoms with Gasteiger partial charge in [-0.1, -0.05) is 0 Å². The van der Waals surface area contributed by atoms with Crippen molar-refractivity contribution in [3.63, 3.8) is 0 Å². The highest BCUT2D eigenvalue weighted by molar-refractivity contribution is 7.09. The number of thiazole rings is 1. The van der Waals surface area contributed by atoms with Crippen LogP contribution in [0.1, 0.15) is 17.8 Å². The summed E-state index contributed by atoms with van der Waals surface area (Å²) in [6, 6.07) is -0.868. The van der Waals surface area contributed by atoms with Gasteiger partial charge in [-0.15, -0.1) is 11.3 Å². The summed E-state index contributed by atoms with van der Waals surface area (Å²) in [4.78, 5) is 27.0. The van der Waals surface area contributed by atoms with Crippen LogP contribution < -0.4 is 5.32 Å². The van der Waals surface area contributed by atoms with E-state index >= 15 is 0 Å². The van der Waals surface area contributed by atoms with E-state index in [9.17, 15) is 24.9 Å². The average molecular weight is 358 g/mol. The number of carbonyl (C=O) groups excluding carboxylic acids is 1. The van der Waals surface area contributed by atoms with E-state index < -0.39 is 54.5 Å². The van der Waals surface area contributed by atoms with Gasteiger partial charge in [0.25, 0.3) is 0 Å². The Bertz CT molecular complexity index is 619. The van der Waals surface area contributed by atoms with Gasteiger partial charge in [0.05, 0.1) is 18.6 Å². The third-order valence-electron chi connectivity index (χ3n) is 3.57. The third kappa shape index (κ3) is 3.90. The van der Waals surface area contributed by atoms with Crippen LogP contribution in [0.4, 0.5) is 0 Å². The number of hydrogen-bond donors (Lipinski definition) is 5. The molecule has 1 aromatic rings. The summed E-state index contributed by atoms with van der Waals surface area (Å²) in [5, 5.41) is 43.0. The summed E-state index contributed by atoms with van der Waals surface area (Å²) >= 11 is 1.25. The van der Waals surface area contributed by atoms with E-state index in [1.165, 1.54) is 30.5 Å². The molecule has 5 N–H and O–H groups in total. The first-order chi connectivity index (χ1) is 11.3. The lowest BCUT2D eigenvalue weighted by molar-refractivity contribution is -0.146. The van der Waals surface area contributed by atoms with Crippen LogP contribution in [-0.4, -0.2) is 68.2 Å². The van der Waals surface area contributed by atoms with E-state index in [4.69, 9.17) is 9.84 Å². The molecule has 24 heavy (non-hydrogen) atoms. The predicted octanol–water partition coefficient (Wildman–Crippen LogP) is -1.19. The number of aromatic nitrogens is 1. The first kappa shape index (κ1) is 18.3. The molecule has 0 saturated carbocycles. The molecule has 0 aromatic carbocycles. The second kappa shape index (κ2) is 7.71. The molecule has 0 spiro atoms. The quantitative estimate of drug-likeness (QED) is 0.426. The fraction of sp³-hybridized carbons (Fsp3) is 0.500. The highest BCUT2D eigenvalue weighted by Crippen LogP contribution is 2.34. The first-order valence-corrected chi connectivity index (χ1v) is 7.98. The van der Waals surface area contributed by atoms with Gasteiger partial charge in [-0.3, -0.25) is 4.79 Å². The minimum Gasteiger partial charge on any atom is -0.478 e. The van der Waals surface area contributed by atoms with Crippen LogP contribution >= 0.6 is 11.3 Å². The summed E-state index contributed by atoms with van der Waals surface area (Å²) in [7, 11) is 0. The van der Waals surface area contributed by atoms with Gasteiger partial charge in [-0.05, 0) is 6.08 Å². The zero-order valence-electron chi connectivity index (χ0n) is 12.7. The van der Waals surface area contributed by atoms with Crippen molar-refractivity contribution in [3.8, 4) is 0 Å². The van der Waals surface area contributed by atoms with Gasteiger partial charge < -0.3 is 30.5 Å². The van der Waals surface area contributed by atoms with Gasteiger partial charge in [-0.2, -0.15) is 0 Å². The van der Waals surface area contributed by atoms with Crippen molar-refractivity contribution in [2.24, 2.45) is 0 Å². The van der Waals surface area contributed by atoms with E-state index in [0.29, 0.717) is 5.01 Å². The second-order valence-corrected chi connectivity index (χ2v) is 6.21. The minimum absolute atomic E-state index is 0.423. The monoisotopic (exact) mass is 358 g/mol. The smallest absolute Gasteiger partial charge is 0.370 e. The SMILES string of the molecule is CC(=O)N[C@H]1[C@H]([C@H](O)[C@H](O)CO)OC(C(=O)O)=C[C@H]1c1nccs1. The molecule has 2 rings (SSSR count). The van der Waals surface area contributed by atoms with Gasteiger partial charge in [0.15, 0.2) is 0 Å². The zero-order valence-corrected chi connectivity index (χ0v) is 13.5. The fourth-order valence-corrected chi connectivity index (χ4v) is 3.25. The number of amides is 1. The van der Waals surface area contributed by atoms with Gasteiger partial charge in [0.2, 0.25) is 11.7 Å². The largest absolute Gasteiger partial charge is 0.478 e. The molecular formula is C14H18N2O7S. The topological polar surface area (TPSA) is 149 Å². The lowest BCUT2D eigenvalue weighted by atomic mass is 9.87. The van der Waals surface area contributed by atoms with Crippen molar-refractivity contribution in [1.82, 2.24) is 10.3 Å². The number of hydrogen-bond acceptors (Lipinski definition) is 8. The molecule has 0 radical (unpaired) electrons. The number of carboxylic acids is 1. The van der Waals surface area contributed by atoms with E-state index in [1.54, 1.807) is 5.38 Å². The van der Waals surface area contributed by atoms with Crippen molar-refractivity contribution < 1.29 is 34.8 Å². The lowest BCUT2D eigenvalue weighted by Crippen LogP contribution is -2.57. The Labute approximate surface area is 141 Å². The van der Waals surface area contributed by atoms with E-state index in [1.807, 2.05) is 0 Å². The molecule has 132 valence electrons. The molecule has 9 nitrogen and oxygen atoms in total. The minimum atomic E-state index is -1.61. The number of carboxylic acid groups (broad SMARTS) is 1. The van der Waals surface area contributed by atoms with Crippen LogP contribution in [0.25, 0.3) is 0 Å². The molecule has 10 heteroatoms. The fourth-order valence-electron chi connectivity index (χ4n) is 2.49. The van der Waals surface area contributed by atoms with Crippen LogP contribution in [0, 0.1) is 0 Å². The zero-order chi connectivity index (χ0) is 17.9. The molecule has 0 unspecified atom stereocenters. The maximum Gasteiger partial charge on any atom is 0.370 e. The number of nitrogens with zero attached hydrogens (tertiary/aromatic N) is 1. The predicted molar refractivity (Wildman–Crippen MR) is 82.2 cm³/mol. The standard InChI is InChI=1S/C14H18N2O7S/c1-6(18)16-10-7(13-15-2-3-24-13)4-9(14(21)22)23-12(10)11(20)8(19)5-17/h2-4,7-8,10-12,17,19-20H,5H2,1H3,(H,16,18)(H,21,22)/t7-,8-,10-,11-,12-/m1/s1. The van der Waals surface area contributed by atoms with Crippen LogP contribution in [-0.2, 0) is 14.3 Å². The maximum atomic E-state index is 11.5.